The molecule has 2 unspecified atom stereocenters. The molecule has 0 aromatic carbocycles. The largest absolute Gasteiger partial charge is 0.294 e. The summed E-state index contributed by atoms with van der Waals surface area (Å²) < 4.78 is 28.3. The van der Waals surface area contributed by atoms with Gasteiger partial charge in [0.05, 0.1) is 11.4 Å². The van der Waals surface area contributed by atoms with Crippen LogP contribution in [0.4, 0.5) is 0 Å². The summed E-state index contributed by atoms with van der Waals surface area (Å²) in [5.41, 5.74) is 2.93. The minimum absolute atomic E-state index is 0.0199. The molecular weight excluding hydrogens is 350 g/mol. The van der Waals surface area contributed by atoms with E-state index in [1.54, 1.807) is 4.31 Å². The third-order valence-corrected chi connectivity index (χ3v) is 7.72. The van der Waals surface area contributed by atoms with E-state index in [0.29, 0.717) is 12.3 Å². The van der Waals surface area contributed by atoms with E-state index in [1.165, 1.54) is 0 Å². The molecule has 8 heteroatoms. The Hall–Kier alpha value is -1.51. The number of rotatable bonds is 4. The number of likely N-dealkylation sites (tertiary alicyclic amines) is 1. The van der Waals surface area contributed by atoms with E-state index in [9.17, 15) is 8.42 Å². The molecule has 26 heavy (non-hydrogen) atoms. The number of hydrogen-bond acceptors (Lipinski definition) is 5. The standard InChI is InChI=1S/C18H27N5O2S/c1-14-10-18-19-11-16(13-22(18)20-14)12-21-7-4-3-6-17(21)15(2)23-8-5-9-26(23,24)25/h10-11,13,15,17H,3-9,12H2,1-2H3. The molecule has 0 aliphatic carbocycles. The number of piperidine rings is 1. The van der Waals surface area contributed by atoms with Crippen LogP contribution in [0.1, 0.15) is 43.9 Å². The van der Waals surface area contributed by atoms with E-state index in [2.05, 4.69) is 21.9 Å². The molecule has 2 aliphatic heterocycles. The first-order valence-electron chi connectivity index (χ1n) is 9.48. The number of nitrogens with zero attached hydrogens (tertiary/aromatic N) is 5. The predicted octanol–water partition coefficient (Wildman–Crippen LogP) is 1.82. The lowest BCUT2D eigenvalue weighted by atomic mass is 9.96. The van der Waals surface area contributed by atoms with Gasteiger partial charge < -0.3 is 0 Å². The monoisotopic (exact) mass is 377 g/mol. The molecule has 0 radical (unpaired) electrons. The highest BCUT2D eigenvalue weighted by Crippen LogP contribution is 2.28. The zero-order valence-corrected chi connectivity index (χ0v) is 16.3. The van der Waals surface area contributed by atoms with Gasteiger partial charge >= 0.3 is 0 Å². The molecule has 7 nitrogen and oxygen atoms in total. The van der Waals surface area contributed by atoms with Gasteiger partial charge in [-0.3, -0.25) is 4.90 Å². The van der Waals surface area contributed by atoms with Gasteiger partial charge in [0.25, 0.3) is 0 Å². The van der Waals surface area contributed by atoms with Crippen molar-refractivity contribution in [1.29, 1.82) is 0 Å². The predicted molar refractivity (Wildman–Crippen MR) is 100 cm³/mol. The molecule has 0 amide bonds. The Balaban J connectivity index is 1.54. The molecule has 2 atom stereocenters. The van der Waals surface area contributed by atoms with E-state index in [4.69, 9.17) is 0 Å². The molecule has 2 aliphatic rings. The summed E-state index contributed by atoms with van der Waals surface area (Å²) in [6.07, 6.45) is 8.07. The number of fused-ring (bicyclic) bond motifs is 1. The fraction of sp³-hybridized carbons (Fsp3) is 0.667. The van der Waals surface area contributed by atoms with E-state index in [0.717, 1.165) is 55.7 Å². The van der Waals surface area contributed by atoms with Crippen LogP contribution in [0.25, 0.3) is 5.65 Å². The quantitative estimate of drug-likeness (QED) is 0.813. The molecule has 0 N–H and O–H groups in total. The Morgan fingerprint density at radius 3 is 2.88 bits per heavy atom. The van der Waals surface area contributed by atoms with Crippen LogP contribution in [0.5, 0.6) is 0 Å². The van der Waals surface area contributed by atoms with Crippen LogP contribution in [0, 0.1) is 6.92 Å². The maximum atomic E-state index is 12.3. The first-order chi connectivity index (χ1) is 12.4. The first kappa shape index (κ1) is 17.9. The van der Waals surface area contributed by atoms with E-state index >= 15 is 0 Å². The fourth-order valence-corrected chi connectivity index (χ4v) is 6.20. The summed E-state index contributed by atoms with van der Waals surface area (Å²) >= 11 is 0. The molecule has 0 spiro atoms. The zero-order chi connectivity index (χ0) is 18.3. The second kappa shape index (κ2) is 6.90. The smallest absolute Gasteiger partial charge is 0.214 e. The van der Waals surface area contributed by atoms with Crippen molar-refractivity contribution in [3.8, 4) is 0 Å². The minimum Gasteiger partial charge on any atom is -0.294 e. The Labute approximate surface area is 155 Å². The van der Waals surface area contributed by atoms with E-state index in [-0.39, 0.29) is 12.1 Å². The van der Waals surface area contributed by atoms with Gasteiger partial charge in [-0.1, -0.05) is 6.42 Å². The summed E-state index contributed by atoms with van der Waals surface area (Å²) in [7, 11) is -3.08. The number of hydrogen-bond donors (Lipinski definition) is 0. The summed E-state index contributed by atoms with van der Waals surface area (Å²) in [4.78, 5) is 6.94. The Morgan fingerprint density at radius 2 is 2.12 bits per heavy atom. The van der Waals surface area contributed by atoms with Gasteiger partial charge in [0.1, 0.15) is 0 Å². The van der Waals surface area contributed by atoms with Crippen molar-refractivity contribution < 1.29 is 8.42 Å². The van der Waals surface area contributed by atoms with Gasteiger partial charge in [-0.2, -0.15) is 9.40 Å². The molecule has 2 fully saturated rings. The van der Waals surface area contributed by atoms with E-state index < -0.39 is 10.0 Å². The second-order valence-electron chi connectivity index (χ2n) is 7.61. The summed E-state index contributed by atoms with van der Waals surface area (Å²) in [5, 5.41) is 4.45. The van der Waals surface area contributed by atoms with Gasteiger partial charge in [-0.25, -0.2) is 17.9 Å². The van der Waals surface area contributed by atoms with Crippen molar-refractivity contribution in [2.24, 2.45) is 0 Å². The maximum absolute atomic E-state index is 12.3. The normalized spacial score (nSPS) is 25.7. The van der Waals surface area contributed by atoms with Crippen LogP contribution < -0.4 is 0 Å². The molecule has 2 aromatic rings. The number of aryl methyl sites for hydroxylation is 1. The van der Waals surface area contributed by atoms with Crippen molar-refractivity contribution >= 4 is 15.7 Å². The Morgan fingerprint density at radius 1 is 1.27 bits per heavy atom. The van der Waals surface area contributed by atoms with E-state index in [1.807, 2.05) is 29.9 Å². The van der Waals surface area contributed by atoms with Gasteiger partial charge in [-0.15, -0.1) is 0 Å². The minimum atomic E-state index is -3.08. The number of sulfonamides is 1. The maximum Gasteiger partial charge on any atom is 0.214 e. The fourth-order valence-electron chi connectivity index (χ4n) is 4.42. The highest BCUT2D eigenvalue weighted by molar-refractivity contribution is 7.89. The highest BCUT2D eigenvalue weighted by Gasteiger charge is 2.38. The van der Waals surface area contributed by atoms with Crippen LogP contribution in [0.2, 0.25) is 0 Å². The van der Waals surface area contributed by atoms with Crippen molar-refractivity contribution in [3.05, 3.63) is 29.7 Å². The lowest BCUT2D eigenvalue weighted by Gasteiger charge is -2.41. The molecule has 0 saturated carbocycles. The van der Waals surface area contributed by atoms with Crippen LogP contribution in [0.3, 0.4) is 0 Å². The lowest BCUT2D eigenvalue weighted by molar-refractivity contribution is 0.0880. The van der Waals surface area contributed by atoms with Gasteiger partial charge in [0, 0.05) is 49.2 Å². The molecule has 142 valence electrons. The summed E-state index contributed by atoms with van der Waals surface area (Å²) in [6.45, 7) is 6.48. The van der Waals surface area contributed by atoms with Gasteiger partial charge in [0.2, 0.25) is 10.0 Å². The lowest BCUT2D eigenvalue weighted by Crippen LogP contribution is -2.52. The summed E-state index contributed by atoms with van der Waals surface area (Å²) in [5.74, 6) is 0.295. The Kier molecular flexibility index (Phi) is 4.75. The van der Waals surface area contributed by atoms with Crippen LogP contribution in [-0.2, 0) is 16.6 Å². The molecule has 0 bridgehead atoms. The average Bonchev–Trinajstić information content (AvgIpc) is 3.15. The average molecular weight is 378 g/mol. The van der Waals surface area contributed by atoms with Crippen molar-refractivity contribution in [2.75, 3.05) is 18.8 Å². The van der Waals surface area contributed by atoms with Crippen LogP contribution in [-0.4, -0.2) is 63.1 Å². The van der Waals surface area contributed by atoms with Crippen molar-refractivity contribution in [1.82, 2.24) is 23.8 Å². The van der Waals surface area contributed by atoms with Crippen LogP contribution >= 0.6 is 0 Å². The first-order valence-corrected chi connectivity index (χ1v) is 11.1. The van der Waals surface area contributed by atoms with Gasteiger partial charge in [0.15, 0.2) is 5.65 Å². The molecule has 2 saturated heterocycles. The van der Waals surface area contributed by atoms with Crippen LogP contribution in [0.15, 0.2) is 18.5 Å². The molecule has 2 aromatic heterocycles. The summed E-state index contributed by atoms with van der Waals surface area (Å²) in [6, 6.07) is 2.24. The molecule has 4 heterocycles. The third-order valence-electron chi connectivity index (χ3n) is 5.69. The second-order valence-corrected chi connectivity index (χ2v) is 9.65. The zero-order valence-electron chi connectivity index (χ0n) is 15.5. The molecule has 4 rings (SSSR count). The Bertz CT molecular complexity index is 894. The third kappa shape index (κ3) is 3.37. The highest BCUT2D eigenvalue weighted by atomic mass is 32.2. The van der Waals surface area contributed by atoms with Gasteiger partial charge in [-0.05, 0) is 39.7 Å². The molecular formula is C18H27N5O2S. The van der Waals surface area contributed by atoms with Crippen molar-refractivity contribution in [3.63, 3.8) is 0 Å². The van der Waals surface area contributed by atoms with Crippen molar-refractivity contribution in [2.45, 2.75) is 58.2 Å². The number of aromatic nitrogens is 3. The topological polar surface area (TPSA) is 70.8 Å². The SMILES string of the molecule is Cc1cc2ncc(CN3CCCCC3C(C)N3CCCS3(=O)=O)cn2n1.